The van der Waals surface area contributed by atoms with Crippen molar-refractivity contribution >= 4 is 0 Å². The van der Waals surface area contributed by atoms with Crippen molar-refractivity contribution in [3.8, 4) is 11.4 Å². The van der Waals surface area contributed by atoms with Crippen LogP contribution in [0.5, 0.6) is 0 Å². The summed E-state index contributed by atoms with van der Waals surface area (Å²) in [5.74, 6) is -1.00. The van der Waals surface area contributed by atoms with Crippen molar-refractivity contribution in [3.63, 3.8) is 0 Å². The molecule has 0 unspecified atom stereocenters. The summed E-state index contributed by atoms with van der Waals surface area (Å²) in [6, 6.07) is 7.10. The van der Waals surface area contributed by atoms with Crippen LogP contribution in [0.2, 0.25) is 0 Å². The second-order valence-electron chi connectivity index (χ2n) is 2.71. The van der Waals surface area contributed by atoms with Crippen LogP contribution in [0, 0.1) is 11.8 Å². The Labute approximate surface area is 79.3 Å². The fraction of sp³-hybridized carbons (Fsp3) is 0. The van der Waals surface area contributed by atoms with E-state index in [0.717, 1.165) is 6.20 Å². The van der Waals surface area contributed by atoms with Crippen LogP contribution >= 0.6 is 0 Å². The number of rotatable bonds is 1. The summed E-state index contributed by atoms with van der Waals surface area (Å²) in [7, 11) is 0. The number of hydrogen-bond donors (Lipinski definition) is 0. The van der Waals surface area contributed by atoms with E-state index >= 15 is 0 Å². The maximum Gasteiger partial charge on any atom is 0.213 e. The molecule has 0 atom stereocenters. The Morgan fingerprint density at radius 1 is 0.929 bits per heavy atom. The molecule has 0 saturated heterocycles. The molecule has 0 aliphatic rings. The molecule has 14 heavy (non-hydrogen) atoms. The number of aromatic nitrogens is 2. The van der Waals surface area contributed by atoms with Crippen molar-refractivity contribution < 1.29 is 8.78 Å². The highest BCUT2D eigenvalue weighted by Gasteiger charge is 2.01. The number of halogens is 2. The third-order valence-electron chi connectivity index (χ3n) is 1.70. The van der Waals surface area contributed by atoms with Gasteiger partial charge in [-0.15, -0.1) is 0 Å². The zero-order chi connectivity index (χ0) is 9.97. The van der Waals surface area contributed by atoms with E-state index in [0.29, 0.717) is 11.4 Å². The highest BCUT2D eigenvalue weighted by molar-refractivity contribution is 5.52. The summed E-state index contributed by atoms with van der Waals surface area (Å²) in [6.07, 6.45) is 1.07. The highest BCUT2D eigenvalue weighted by Crippen LogP contribution is 2.13. The van der Waals surface area contributed by atoms with E-state index in [1.165, 1.54) is 24.3 Å². The summed E-state index contributed by atoms with van der Waals surface area (Å²) in [5, 5.41) is 0. The average molecular weight is 192 g/mol. The van der Waals surface area contributed by atoms with E-state index in [1.807, 2.05) is 0 Å². The molecule has 0 aromatic carbocycles. The lowest BCUT2D eigenvalue weighted by Gasteiger charge is -1.98. The van der Waals surface area contributed by atoms with Gasteiger partial charge in [-0.2, -0.15) is 4.39 Å². The van der Waals surface area contributed by atoms with E-state index in [2.05, 4.69) is 9.97 Å². The smallest absolute Gasteiger partial charge is 0.213 e. The normalized spacial score (nSPS) is 10.1. The maximum absolute atomic E-state index is 12.7. The molecule has 0 amide bonds. The van der Waals surface area contributed by atoms with Gasteiger partial charge >= 0.3 is 0 Å². The first-order valence-corrected chi connectivity index (χ1v) is 4.00. The Hall–Kier alpha value is -1.84. The third-order valence-corrected chi connectivity index (χ3v) is 1.70. The zero-order valence-electron chi connectivity index (χ0n) is 7.11. The summed E-state index contributed by atoms with van der Waals surface area (Å²) in [5.41, 5.74) is 0.843. The highest BCUT2D eigenvalue weighted by atomic mass is 19.1. The maximum atomic E-state index is 12.7. The first-order valence-electron chi connectivity index (χ1n) is 4.00. The minimum absolute atomic E-state index is 0.394. The lowest BCUT2D eigenvalue weighted by Crippen LogP contribution is -1.89. The van der Waals surface area contributed by atoms with Crippen molar-refractivity contribution in [1.82, 2.24) is 9.97 Å². The van der Waals surface area contributed by atoms with Crippen LogP contribution < -0.4 is 0 Å². The Bertz CT molecular complexity index is 440. The molecular weight excluding hydrogens is 186 g/mol. The SMILES string of the molecule is Fc1ccc(-c2cccc(F)n2)nc1. The second-order valence-corrected chi connectivity index (χ2v) is 2.71. The van der Waals surface area contributed by atoms with Crippen molar-refractivity contribution in [2.75, 3.05) is 0 Å². The average Bonchev–Trinajstić information content (AvgIpc) is 2.19. The molecule has 0 saturated carbocycles. The third kappa shape index (κ3) is 1.74. The molecule has 0 aliphatic carbocycles. The summed E-state index contributed by atoms with van der Waals surface area (Å²) < 4.78 is 25.2. The van der Waals surface area contributed by atoms with Gasteiger partial charge in [-0.05, 0) is 24.3 Å². The van der Waals surface area contributed by atoms with Crippen LogP contribution in [0.25, 0.3) is 11.4 Å². The minimum atomic E-state index is -0.575. The van der Waals surface area contributed by atoms with E-state index in [1.54, 1.807) is 6.07 Å². The number of pyridine rings is 2. The monoisotopic (exact) mass is 192 g/mol. The Morgan fingerprint density at radius 3 is 2.43 bits per heavy atom. The molecule has 2 rings (SSSR count). The molecule has 0 aliphatic heterocycles. The van der Waals surface area contributed by atoms with Crippen LogP contribution in [-0.4, -0.2) is 9.97 Å². The van der Waals surface area contributed by atoms with Crippen LogP contribution in [0.15, 0.2) is 36.5 Å². The predicted molar refractivity (Wildman–Crippen MR) is 47.4 cm³/mol. The second kappa shape index (κ2) is 3.49. The van der Waals surface area contributed by atoms with Crippen molar-refractivity contribution in [2.45, 2.75) is 0 Å². The molecule has 2 heterocycles. The summed E-state index contributed by atoms with van der Waals surface area (Å²) in [4.78, 5) is 7.41. The molecule has 0 radical (unpaired) electrons. The van der Waals surface area contributed by atoms with Crippen LogP contribution in [0.4, 0.5) is 8.78 Å². The zero-order valence-corrected chi connectivity index (χ0v) is 7.11. The van der Waals surface area contributed by atoms with Gasteiger partial charge in [-0.3, -0.25) is 4.98 Å². The predicted octanol–water partition coefficient (Wildman–Crippen LogP) is 2.42. The van der Waals surface area contributed by atoms with Gasteiger partial charge in [-0.1, -0.05) is 6.07 Å². The largest absolute Gasteiger partial charge is 0.252 e. The molecule has 2 aromatic heterocycles. The van der Waals surface area contributed by atoms with Crippen LogP contribution in [0.1, 0.15) is 0 Å². The van der Waals surface area contributed by atoms with Gasteiger partial charge in [0, 0.05) is 0 Å². The molecule has 0 bridgehead atoms. The standard InChI is InChI=1S/C10H6F2N2/c11-7-4-5-8(13-6-7)9-2-1-3-10(12)14-9/h1-6H. The molecule has 0 spiro atoms. The lowest BCUT2D eigenvalue weighted by atomic mass is 10.2. The Morgan fingerprint density at radius 2 is 1.79 bits per heavy atom. The molecule has 0 N–H and O–H groups in total. The Kier molecular flexibility index (Phi) is 2.18. The van der Waals surface area contributed by atoms with Gasteiger partial charge < -0.3 is 0 Å². The van der Waals surface area contributed by atoms with E-state index in [4.69, 9.17) is 0 Å². The summed E-state index contributed by atoms with van der Waals surface area (Å²) in [6.45, 7) is 0. The number of hydrogen-bond acceptors (Lipinski definition) is 2. The van der Waals surface area contributed by atoms with Gasteiger partial charge in [0.1, 0.15) is 5.82 Å². The molecule has 2 aromatic rings. The minimum Gasteiger partial charge on any atom is -0.252 e. The fourth-order valence-corrected chi connectivity index (χ4v) is 1.08. The van der Waals surface area contributed by atoms with E-state index < -0.39 is 11.8 Å². The lowest BCUT2D eigenvalue weighted by molar-refractivity contribution is 0.585. The quantitative estimate of drug-likeness (QED) is 0.648. The van der Waals surface area contributed by atoms with Gasteiger partial charge in [0.2, 0.25) is 5.95 Å². The van der Waals surface area contributed by atoms with Crippen molar-refractivity contribution in [1.29, 1.82) is 0 Å². The number of nitrogens with zero attached hydrogens (tertiary/aromatic N) is 2. The van der Waals surface area contributed by atoms with Crippen LogP contribution in [0.3, 0.4) is 0 Å². The van der Waals surface area contributed by atoms with Gasteiger partial charge in [-0.25, -0.2) is 9.37 Å². The Balaban J connectivity index is 2.44. The molecular formula is C10H6F2N2. The van der Waals surface area contributed by atoms with E-state index in [-0.39, 0.29) is 0 Å². The topological polar surface area (TPSA) is 25.8 Å². The van der Waals surface area contributed by atoms with Gasteiger partial charge in [0.05, 0.1) is 17.6 Å². The molecule has 0 fully saturated rings. The molecule has 4 heteroatoms. The van der Waals surface area contributed by atoms with Gasteiger partial charge in [0.25, 0.3) is 0 Å². The van der Waals surface area contributed by atoms with Crippen molar-refractivity contribution in [2.24, 2.45) is 0 Å². The first kappa shape index (κ1) is 8.74. The fourth-order valence-electron chi connectivity index (χ4n) is 1.08. The molecule has 70 valence electrons. The van der Waals surface area contributed by atoms with E-state index in [9.17, 15) is 8.78 Å². The summed E-state index contributed by atoms with van der Waals surface area (Å²) >= 11 is 0. The van der Waals surface area contributed by atoms with Crippen LogP contribution in [-0.2, 0) is 0 Å². The molecule has 2 nitrogen and oxygen atoms in total. The van der Waals surface area contributed by atoms with Gasteiger partial charge in [0.15, 0.2) is 0 Å². The van der Waals surface area contributed by atoms with Crippen molar-refractivity contribution in [3.05, 3.63) is 48.3 Å². The first-order chi connectivity index (χ1) is 6.75.